The number of furan rings is 2. The minimum Gasteiger partial charge on any atom is -0.461 e. The number of nitrogens with zero attached hydrogens (tertiary/aromatic N) is 13. The van der Waals surface area contributed by atoms with Gasteiger partial charge >= 0.3 is 0 Å². The van der Waals surface area contributed by atoms with E-state index in [4.69, 9.17) is 39.2 Å². The quantitative estimate of drug-likeness (QED) is 0.209. The molecule has 0 amide bonds. The highest BCUT2D eigenvalue weighted by atomic mass is 16.7. The molecule has 0 unspecified atom stereocenters. The summed E-state index contributed by atoms with van der Waals surface area (Å²) in [5.74, 6) is 2.11. The second-order valence-corrected chi connectivity index (χ2v) is 15.3. The number of aromatic nitrogens is 12. The zero-order valence-corrected chi connectivity index (χ0v) is 33.9. The number of aryl methyl sites for hydroxylation is 1. The van der Waals surface area contributed by atoms with E-state index in [0.717, 1.165) is 101 Å². The first kappa shape index (κ1) is 39.1. The van der Waals surface area contributed by atoms with Crippen molar-refractivity contribution in [3.05, 3.63) is 49.2 Å². The average molecular weight is 837 g/mol. The van der Waals surface area contributed by atoms with Crippen LogP contribution in [0.15, 0.2) is 58.0 Å². The molecule has 4 saturated heterocycles. The number of nitrogens with one attached hydrogen (secondary N) is 1. The van der Waals surface area contributed by atoms with Gasteiger partial charge in [0.2, 0.25) is 23.5 Å². The third-order valence-corrected chi connectivity index (χ3v) is 11.4. The zero-order valence-electron chi connectivity index (χ0n) is 33.9. The Hall–Kier alpha value is -6.04. The molecule has 22 nitrogen and oxygen atoms in total. The van der Waals surface area contributed by atoms with Gasteiger partial charge in [0.1, 0.15) is 0 Å². The van der Waals surface area contributed by atoms with Gasteiger partial charge in [0.15, 0.2) is 45.7 Å². The van der Waals surface area contributed by atoms with Crippen molar-refractivity contribution in [2.24, 2.45) is 0 Å². The molecule has 0 aromatic carbocycles. The Kier molecular flexibility index (Phi) is 10.5. The fourth-order valence-corrected chi connectivity index (χ4v) is 8.21. The fraction of sp³-hybridized carbons (Fsp3) is 0.487. The van der Waals surface area contributed by atoms with Crippen molar-refractivity contribution >= 4 is 45.3 Å². The zero-order chi connectivity index (χ0) is 41.4. The molecule has 61 heavy (non-hydrogen) atoms. The standard InChI is InChI=1S/C19H22N8O3.C13H13N7O.C7H13NO2/c20-18-23-16-13(17-22-15(24-27(17)18)14-2-1-9-28-14)12-21-26(16)8-7-25-5-3-19(4-6-25)29-10-11-30-19;1-2-5-19-11-8(7-15-19)12-16-10(9-4-3-6-21-9)18-20(12)13(14)17-11;1-3-8-4-2-7(1)9-5-6-10-7/h1-2,9,12H,3-8,10-11H2,(H2,20,23);3-4,6-7H,2,5H2,1H3,(H2,14,17);8H,1-6H2. The lowest BCUT2D eigenvalue weighted by Gasteiger charge is -2.37. The van der Waals surface area contributed by atoms with Crippen LogP contribution in [0.4, 0.5) is 11.9 Å². The van der Waals surface area contributed by atoms with E-state index < -0.39 is 0 Å². The molecule has 8 aromatic heterocycles. The van der Waals surface area contributed by atoms with Gasteiger partial charge in [-0.3, -0.25) is 0 Å². The number of nitrogens with two attached hydrogens (primary N) is 2. The average Bonchev–Trinajstić information content (AvgIpc) is 4.13. The van der Waals surface area contributed by atoms with Gasteiger partial charge < -0.3 is 49.5 Å². The molecule has 4 aliphatic heterocycles. The normalized spacial score (nSPS) is 18.7. The topological polar surface area (TPSA) is 252 Å². The van der Waals surface area contributed by atoms with Gasteiger partial charge in [-0.05, 0) is 30.7 Å². The molecule has 4 aliphatic rings. The highest BCUT2D eigenvalue weighted by Gasteiger charge is 2.40. The van der Waals surface area contributed by atoms with Crippen LogP contribution >= 0.6 is 0 Å². The minimum absolute atomic E-state index is 0.189. The summed E-state index contributed by atoms with van der Waals surface area (Å²) in [5.41, 5.74) is 14.8. The van der Waals surface area contributed by atoms with Gasteiger partial charge in [-0.1, -0.05) is 6.92 Å². The van der Waals surface area contributed by atoms with E-state index in [2.05, 4.69) is 57.5 Å². The van der Waals surface area contributed by atoms with E-state index in [1.165, 1.54) is 9.03 Å². The SMILES string of the molecule is C1CC2(CCN1)OCCO2.CCCn1ncc2c1nc(N)n1nc(-c3ccco3)nc21.Nc1nc2c(cnn2CCN2CCC3(CC2)OCCO3)c2nc(-c3ccco3)nn12. The molecule has 8 aromatic rings. The summed E-state index contributed by atoms with van der Waals surface area (Å²) in [4.78, 5) is 20.4. The fourth-order valence-electron chi connectivity index (χ4n) is 8.21. The summed E-state index contributed by atoms with van der Waals surface area (Å²) >= 11 is 0. The highest BCUT2D eigenvalue weighted by molar-refractivity contribution is 5.91. The number of ether oxygens (including phenoxy) is 4. The predicted octanol–water partition coefficient (Wildman–Crippen LogP) is 2.99. The van der Waals surface area contributed by atoms with Gasteiger partial charge in [0.25, 0.3) is 0 Å². The Morgan fingerprint density at radius 1 is 0.623 bits per heavy atom. The van der Waals surface area contributed by atoms with Crippen LogP contribution in [-0.2, 0) is 32.0 Å². The molecule has 0 saturated carbocycles. The van der Waals surface area contributed by atoms with Gasteiger partial charge in [-0.15, -0.1) is 10.2 Å². The van der Waals surface area contributed by atoms with Crippen molar-refractivity contribution in [2.75, 3.05) is 70.6 Å². The van der Waals surface area contributed by atoms with E-state index in [1.54, 1.807) is 43.1 Å². The maximum Gasteiger partial charge on any atom is 0.225 e. The molecule has 5 N–H and O–H groups in total. The Morgan fingerprint density at radius 3 is 1.59 bits per heavy atom. The summed E-state index contributed by atoms with van der Waals surface area (Å²) in [5, 5.41) is 22.5. The van der Waals surface area contributed by atoms with E-state index in [1.807, 2.05) is 15.4 Å². The molecule has 0 radical (unpaired) electrons. The summed E-state index contributed by atoms with van der Waals surface area (Å²) in [6.45, 7) is 11.3. The molecule has 12 heterocycles. The number of likely N-dealkylation sites (tertiary alicyclic amines) is 1. The van der Waals surface area contributed by atoms with E-state index in [9.17, 15) is 0 Å². The lowest BCUT2D eigenvalue weighted by molar-refractivity contribution is -0.185. The van der Waals surface area contributed by atoms with Crippen molar-refractivity contribution in [1.82, 2.24) is 68.9 Å². The van der Waals surface area contributed by atoms with Crippen molar-refractivity contribution in [1.29, 1.82) is 0 Å². The molecule has 0 aliphatic carbocycles. The first-order valence-electron chi connectivity index (χ1n) is 20.7. The van der Waals surface area contributed by atoms with Crippen LogP contribution in [0, 0.1) is 0 Å². The Balaban J connectivity index is 0.000000124. The lowest BCUT2D eigenvalue weighted by Crippen LogP contribution is -2.45. The highest BCUT2D eigenvalue weighted by Crippen LogP contribution is 2.32. The second kappa shape index (κ2) is 16.4. The third-order valence-electron chi connectivity index (χ3n) is 11.4. The summed E-state index contributed by atoms with van der Waals surface area (Å²) in [6.07, 6.45) is 11.5. The minimum atomic E-state index is -0.351. The first-order chi connectivity index (χ1) is 29.9. The van der Waals surface area contributed by atoms with Crippen molar-refractivity contribution in [3.63, 3.8) is 0 Å². The summed E-state index contributed by atoms with van der Waals surface area (Å²) < 4.78 is 40.1. The molecule has 0 bridgehead atoms. The van der Waals surface area contributed by atoms with Crippen LogP contribution in [0.25, 0.3) is 56.5 Å². The second-order valence-electron chi connectivity index (χ2n) is 15.3. The maximum absolute atomic E-state index is 6.16. The van der Waals surface area contributed by atoms with Crippen molar-refractivity contribution in [2.45, 2.75) is 63.7 Å². The molecule has 12 rings (SSSR count). The Bertz CT molecular complexity index is 2710. The van der Waals surface area contributed by atoms with Gasteiger partial charge in [0.05, 0.1) is 68.7 Å². The number of fused-ring (bicyclic) bond motifs is 6. The van der Waals surface area contributed by atoms with E-state index in [0.29, 0.717) is 59.9 Å². The van der Waals surface area contributed by atoms with Crippen molar-refractivity contribution < 1.29 is 27.8 Å². The number of anilines is 2. The van der Waals surface area contributed by atoms with Crippen LogP contribution < -0.4 is 16.8 Å². The Labute approximate surface area is 348 Å². The maximum atomic E-state index is 6.16. The van der Waals surface area contributed by atoms with Crippen LogP contribution in [0.2, 0.25) is 0 Å². The van der Waals surface area contributed by atoms with E-state index in [-0.39, 0.29) is 23.5 Å². The number of hydrogen-bond donors (Lipinski definition) is 3. The molecular weight excluding hydrogens is 789 g/mol. The number of hydrogen-bond acceptors (Lipinski definition) is 18. The van der Waals surface area contributed by atoms with Crippen molar-refractivity contribution in [3.8, 4) is 23.2 Å². The summed E-state index contributed by atoms with van der Waals surface area (Å²) in [6, 6.07) is 7.20. The first-order valence-corrected chi connectivity index (χ1v) is 20.7. The summed E-state index contributed by atoms with van der Waals surface area (Å²) in [7, 11) is 0. The lowest BCUT2D eigenvalue weighted by atomic mass is 10.0. The predicted molar refractivity (Wildman–Crippen MR) is 220 cm³/mol. The molecular formula is C39H48N16O6. The molecule has 22 heteroatoms. The monoisotopic (exact) mass is 836 g/mol. The van der Waals surface area contributed by atoms with Crippen LogP contribution in [0.5, 0.6) is 0 Å². The van der Waals surface area contributed by atoms with Crippen LogP contribution in [-0.4, -0.2) is 134 Å². The smallest absolute Gasteiger partial charge is 0.225 e. The molecule has 320 valence electrons. The van der Waals surface area contributed by atoms with E-state index >= 15 is 0 Å². The molecule has 4 fully saturated rings. The number of rotatable bonds is 7. The van der Waals surface area contributed by atoms with Crippen LogP contribution in [0.3, 0.4) is 0 Å². The van der Waals surface area contributed by atoms with Crippen LogP contribution in [0.1, 0.15) is 39.0 Å². The third kappa shape index (κ3) is 7.65. The number of piperidine rings is 2. The van der Waals surface area contributed by atoms with Gasteiger partial charge in [-0.2, -0.15) is 29.2 Å². The molecule has 0 atom stereocenters. The number of nitrogen functional groups attached to an aromatic ring is 2. The van der Waals surface area contributed by atoms with Gasteiger partial charge in [-0.25, -0.2) is 19.3 Å². The largest absolute Gasteiger partial charge is 0.461 e. The van der Waals surface area contributed by atoms with Gasteiger partial charge in [0, 0.05) is 65.0 Å². The molecule has 2 spiro atoms. The Morgan fingerprint density at radius 2 is 1.11 bits per heavy atom.